The summed E-state index contributed by atoms with van der Waals surface area (Å²) in [4.78, 5) is 27.7. The van der Waals surface area contributed by atoms with Gasteiger partial charge in [-0.2, -0.15) is 0 Å². The molecule has 0 spiro atoms. The van der Waals surface area contributed by atoms with Crippen molar-refractivity contribution >= 4 is 12.3 Å². The summed E-state index contributed by atoms with van der Waals surface area (Å²) in [5.74, 6) is 0. The van der Waals surface area contributed by atoms with Crippen LogP contribution in [0.3, 0.4) is 0 Å². The van der Waals surface area contributed by atoms with Gasteiger partial charge in [0.1, 0.15) is 12.2 Å². The van der Waals surface area contributed by atoms with Gasteiger partial charge in [-0.3, -0.25) is 0 Å². The molecule has 0 aromatic rings. The van der Waals surface area contributed by atoms with Crippen LogP contribution in [0.2, 0.25) is 0 Å². The smallest absolute Gasteiger partial charge is 0.434 e. The van der Waals surface area contributed by atoms with E-state index in [1.807, 2.05) is 0 Å². The Morgan fingerprint density at radius 2 is 0.683 bits per heavy atom. The lowest BCUT2D eigenvalue weighted by atomic mass is 10.0. The quantitative estimate of drug-likeness (QED) is 0.0464. The van der Waals surface area contributed by atoms with Crippen LogP contribution >= 0.6 is 0 Å². The summed E-state index contributed by atoms with van der Waals surface area (Å²) >= 11 is 0. The molecule has 0 saturated heterocycles. The van der Waals surface area contributed by atoms with Crippen molar-refractivity contribution < 1.29 is 47.9 Å². The van der Waals surface area contributed by atoms with E-state index in [0.29, 0.717) is 52.9 Å². The number of carbonyl (C=O) groups excluding carboxylic acids is 2. The fourth-order valence-corrected chi connectivity index (χ4v) is 7.80. The lowest BCUT2D eigenvalue weighted by Crippen LogP contribution is -2.30. The average Bonchev–Trinajstić information content (AvgIpc) is 3.28. The molecule has 0 aliphatic rings. The highest BCUT2D eigenvalue weighted by Gasteiger charge is 2.17. The first-order valence-corrected chi connectivity index (χ1v) is 26.7. The molecule has 11 nitrogen and oxygen atoms in total. The first-order chi connectivity index (χ1) is 31.0. The topological polar surface area (TPSA) is 122 Å². The number of carbonyl (C=O) groups is 2. The molecule has 0 aromatic carbocycles. The van der Waals surface area contributed by atoms with Gasteiger partial charge in [0.25, 0.3) is 0 Å². The Hall–Kier alpha value is -1.66. The van der Waals surface area contributed by atoms with Crippen LogP contribution in [0, 0.1) is 0 Å². The van der Waals surface area contributed by atoms with E-state index in [4.69, 9.17) is 38.3 Å². The second-order valence-corrected chi connectivity index (χ2v) is 17.7. The molecular formula is C52H103NO10. The Morgan fingerprint density at radius 1 is 0.365 bits per heavy atom. The molecule has 63 heavy (non-hydrogen) atoms. The largest absolute Gasteiger partial charge is 0.508 e. The maximum absolute atomic E-state index is 12.6. The van der Waals surface area contributed by atoms with Gasteiger partial charge in [0.15, 0.2) is 0 Å². The van der Waals surface area contributed by atoms with Gasteiger partial charge in [-0.15, -0.1) is 0 Å². The molecule has 0 radical (unpaired) electrons. The number of aliphatic hydroxyl groups is 1. The molecular weight excluding hydrogens is 799 g/mol. The van der Waals surface area contributed by atoms with Crippen molar-refractivity contribution in [2.45, 2.75) is 245 Å². The summed E-state index contributed by atoms with van der Waals surface area (Å²) in [5.41, 5.74) is 0. The number of rotatable bonds is 51. The van der Waals surface area contributed by atoms with Crippen LogP contribution in [0.25, 0.3) is 0 Å². The molecule has 0 aliphatic carbocycles. The van der Waals surface area contributed by atoms with Crippen molar-refractivity contribution in [3.8, 4) is 0 Å². The highest BCUT2D eigenvalue weighted by Crippen LogP contribution is 2.19. The lowest BCUT2D eigenvalue weighted by Gasteiger charge is -2.22. The van der Waals surface area contributed by atoms with Gasteiger partial charge in [-0.1, -0.05) is 156 Å². The van der Waals surface area contributed by atoms with Crippen molar-refractivity contribution in [2.24, 2.45) is 0 Å². The molecule has 1 N–H and O–H groups in total. The predicted octanol–water partition coefficient (Wildman–Crippen LogP) is 13.9. The van der Waals surface area contributed by atoms with E-state index >= 15 is 0 Å². The summed E-state index contributed by atoms with van der Waals surface area (Å²) < 4.78 is 39.4. The number of hydrogen-bond donors (Lipinski definition) is 1. The minimum absolute atomic E-state index is 0.0214. The van der Waals surface area contributed by atoms with Gasteiger partial charge in [0, 0.05) is 6.54 Å². The predicted molar refractivity (Wildman–Crippen MR) is 259 cm³/mol. The first kappa shape index (κ1) is 61.3. The van der Waals surface area contributed by atoms with Gasteiger partial charge in [0.2, 0.25) is 0 Å². The first-order valence-electron chi connectivity index (χ1n) is 26.7. The normalized spacial score (nSPS) is 12.5. The van der Waals surface area contributed by atoms with E-state index in [2.05, 4.69) is 32.6 Å². The molecule has 11 heteroatoms. The highest BCUT2D eigenvalue weighted by molar-refractivity contribution is 5.60. The maximum atomic E-state index is 12.6. The second-order valence-electron chi connectivity index (χ2n) is 17.7. The van der Waals surface area contributed by atoms with Crippen LogP contribution < -0.4 is 0 Å². The van der Waals surface area contributed by atoms with E-state index in [9.17, 15) is 9.59 Å². The molecule has 0 amide bonds. The van der Waals surface area contributed by atoms with Gasteiger partial charge >= 0.3 is 12.3 Å². The zero-order valence-corrected chi connectivity index (χ0v) is 41.8. The van der Waals surface area contributed by atoms with Crippen LogP contribution in [0.1, 0.15) is 233 Å². The Balaban J connectivity index is 4.59. The molecule has 0 saturated carbocycles. The summed E-state index contributed by atoms with van der Waals surface area (Å²) in [7, 11) is 0. The molecule has 2 atom stereocenters. The monoisotopic (exact) mass is 902 g/mol. The van der Waals surface area contributed by atoms with Crippen molar-refractivity contribution in [1.82, 2.24) is 4.90 Å². The number of aliphatic hydroxyl groups excluding tert-OH is 1. The Kier molecular flexibility index (Phi) is 50.0. The van der Waals surface area contributed by atoms with Crippen LogP contribution in [0.4, 0.5) is 9.59 Å². The zero-order chi connectivity index (χ0) is 45.9. The number of unbranched alkanes of at least 4 members (excludes halogenated alkanes) is 22. The van der Waals surface area contributed by atoms with E-state index < -0.39 is 12.3 Å². The van der Waals surface area contributed by atoms with Crippen molar-refractivity contribution in [3.05, 3.63) is 0 Å². The van der Waals surface area contributed by atoms with Crippen LogP contribution in [0.5, 0.6) is 0 Å². The van der Waals surface area contributed by atoms with E-state index in [0.717, 1.165) is 122 Å². The molecule has 0 heterocycles. The van der Waals surface area contributed by atoms with Gasteiger partial charge < -0.3 is 43.2 Å². The molecule has 376 valence electrons. The Bertz CT molecular complexity index is 867. The average molecular weight is 902 g/mol. The third-order valence-corrected chi connectivity index (χ3v) is 11.8. The summed E-state index contributed by atoms with van der Waals surface area (Å²) in [5, 5.41) is 8.81. The lowest BCUT2D eigenvalue weighted by molar-refractivity contribution is 0.00446. The number of nitrogens with zero attached hydrogens (tertiary/aromatic N) is 1. The van der Waals surface area contributed by atoms with Gasteiger partial charge in [0.05, 0.1) is 59.5 Å². The maximum Gasteiger partial charge on any atom is 0.508 e. The molecule has 2 unspecified atom stereocenters. The summed E-state index contributed by atoms with van der Waals surface area (Å²) in [6, 6.07) is 0. The Morgan fingerprint density at radius 3 is 1.08 bits per heavy atom. The van der Waals surface area contributed by atoms with Crippen LogP contribution in [-0.2, 0) is 33.2 Å². The van der Waals surface area contributed by atoms with E-state index in [-0.39, 0.29) is 18.8 Å². The molecule has 0 aromatic heterocycles. The van der Waals surface area contributed by atoms with Crippen molar-refractivity contribution in [3.63, 3.8) is 0 Å². The van der Waals surface area contributed by atoms with Crippen LogP contribution in [-0.4, -0.2) is 114 Å². The fourth-order valence-electron chi connectivity index (χ4n) is 7.80. The number of ether oxygens (including phenoxy) is 7. The van der Waals surface area contributed by atoms with Crippen molar-refractivity contribution in [2.75, 3.05) is 79.1 Å². The van der Waals surface area contributed by atoms with E-state index in [1.165, 1.54) is 103 Å². The van der Waals surface area contributed by atoms with Gasteiger partial charge in [-0.25, -0.2) is 9.59 Å². The highest BCUT2D eigenvalue weighted by atomic mass is 16.7. The van der Waals surface area contributed by atoms with Crippen molar-refractivity contribution in [1.29, 1.82) is 0 Å². The summed E-state index contributed by atoms with van der Waals surface area (Å²) in [6.07, 6.45) is 35.1. The zero-order valence-electron chi connectivity index (χ0n) is 41.8. The number of hydrogen-bond acceptors (Lipinski definition) is 11. The standard InChI is InChI=1S/C52H103NO10/c1-5-9-13-17-19-27-35-49(33-25-15-11-7-3)62-51(55)60-41-31-23-21-29-37-53(39-43-57-45-47-59-48-46-58-44-40-54)38-30-22-24-32-42-61-52(56)63-50(34-26-16-12-8-4)36-28-20-18-14-10-6-2/h49-50,54H,5-48H2,1-4H3. The summed E-state index contributed by atoms with van der Waals surface area (Å²) in [6.45, 7) is 15.6. The molecule has 0 aliphatic heterocycles. The second kappa shape index (κ2) is 51.3. The minimum atomic E-state index is -0.500. The Labute approximate surface area is 388 Å². The van der Waals surface area contributed by atoms with Crippen LogP contribution in [0.15, 0.2) is 0 Å². The van der Waals surface area contributed by atoms with E-state index in [1.54, 1.807) is 0 Å². The molecule has 0 bridgehead atoms. The minimum Gasteiger partial charge on any atom is -0.434 e. The molecule has 0 rings (SSSR count). The molecule has 0 fully saturated rings. The third-order valence-electron chi connectivity index (χ3n) is 11.8. The third kappa shape index (κ3) is 46.7. The van der Waals surface area contributed by atoms with Gasteiger partial charge in [-0.05, 0) is 90.1 Å². The fraction of sp³-hybridized carbons (Fsp3) is 0.962. The SMILES string of the molecule is CCCCCCCCC(CCCCCC)OC(=O)OCCCCCCN(CCCCCCOC(=O)OC(CCCCCC)CCCCCCCC)CCOCCOCCOCCO.